The second-order valence-electron chi connectivity index (χ2n) is 5.35. The summed E-state index contributed by atoms with van der Waals surface area (Å²) in [6.07, 6.45) is 0.112. The fraction of sp³-hybridized carbons (Fsp3) is 0.583. The second-order valence-corrected chi connectivity index (χ2v) is 5.35. The van der Waals surface area contributed by atoms with Crippen molar-refractivity contribution in [2.75, 3.05) is 25.6 Å². The van der Waals surface area contributed by atoms with E-state index < -0.39 is 24.5 Å². The van der Waals surface area contributed by atoms with E-state index in [4.69, 9.17) is 10.3 Å². The SMILES string of the molecule is CN(C)c1ncnc2c1ncn2[C@@H]1O[C@H](CO)[C@H](O)[C@H]1N=[N+]=[N-]. The molecule has 1 aliphatic heterocycles. The van der Waals surface area contributed by atoms with Gasteiger partial charge in [0.25, 0.3) is 0 Å². The number of hydrogen-bond acceptors (Lipinski definition) is 8. The van der Waals surface area contributed by atoms with Gasteiger partial charge in [0.05, 0.1) is 19.0 Å². The zero-order valence-corrected chi connectivity index (χ0v) is 12.6. The highest BCUT2D eigenvalue weighted by Crippen LogP contribution is 2.34. The van der Waals surface area contributed by atoms with E-state index in [0.29, 0.717) is 17.0 Å². The van der Waals surface area contributed by atoms with Crippen LogP contribution in [0.1, 0.15) is 6.23 Å². The molecular formula is C12H16N8O3. The summed E-state index contributed by atoms with van der Waals surface area (Å²) in [6.45, 7) is -0.389. The number of ether oxygens (including phenoxy) is 1. The summed E-state index contributed by atoms with van der Waals surface area (Å²) in [5, 5.41) is 23.0. The van der Waals surface area contributed by atoms with Crippen LogP contribution in [0.2, 0.25) is 0 Å². The first-order valence-electron chi connectivity index (χ1n) is 6.92. The first kappa shape index (κ1) is 15.4. The average molecular weight is 320 g/mol. The highest BCUT2D eigenvalue weighted by molar-refractivity contribution is 5.83. The van der Waals surface area contributed by atoms with Gasteiger partial charge in [0.15, 0.2) is 17.0 Å². The third kappa shape index (κ3) is 2.45. The fourth-order valence-electron chi connectivity index (χ4n) is 2.65. The quantitative estimate of drug-likeness (QED) is 0.451. The fourth-order valence-corrected chi connectivity index (χ4v) is 2.65. The van der Waals surface area contributed by atoms with Gasteiger partial charge in [0.1, 0.15) is 24.7 Å². The number of rotatable bonds is 4. The lowest BCUT2D eigenvalue weighted by Gasteiger charge is -2.17. The summed E-state index contributed by atoms with van der Waals surface area (Å²) < 4.78 is 7.20. The number of aromatic nitrogens is 4. The minimum atomic E-state index is -1.12. The first-order valence-corrected chi connectivity index (χ1v) is 6.92. The Morgan fingerprint density at radius 1 is 1.43 bits per heavy atom. The number of aliphatic hydroxyl groups excluding tert-OH is 2. The molecule has 11 nitrogen and oxygen atoms in total. The van der Waals surface area contributed by atoms with Crippen molar-refractivity contribution in [1.82, 2.24) is 19.5 Å². The van der Waals surface area contributed by atoms with Crippen LogP contribution < -0.4 is 4.90 Å². The molecule has 0 aromatic carbocycles. The van der Waals surface area contributed by atoms with Crippen LogP contribution in [0.15, 0.2) is 17.8 Å². The van der Waals surface area contributed by atoms with E-state index >= 15 is 0 Å². The Morgan fingerprint density at radius 3 is 2.87 bits per heavy atom. The van der Waals surface area contributed by atoms with Gasteiger partial charge in [-0.05, 0) is 5.53 Å². The van der Waals surface area contributed by atoms with Gasteiger partial charge < -0.3 is 19.8 Å². The smallest absolute Gasteiger partial charge is 0.167 e. The molecule has 0 spiro atoms. The van der Waals surface area contributed by atoms with Crippen molar-refractivity contribution < 1.29 is 14.9 Å². The van der Waals surface area contributed by atoms with E-state index in [1.54, 1.807) is 9.47 Å². The minimum Gasteiger partial charge on any atom is -0.394 e. The van der Waals surface area contributed by atoms with Crippen molar-refractivity contribution in [3.8, 4) is 0 Å². The molecule has 0 saturated carbocycles. The molecule has 2 aromatic rings. The Hall–Kier alpha value is -2.46. The molecule has 0 bridgehead atoms. The standard InChI is InChI=1S/C12H16N8O3/c1-19(2)10-8-11(15-4-14-10)20(5-16-8)12-7(17-18-13)9(22)6(3-21)23-12/h4-7,9,12,21-22H,3H2,1-2H3/t6-,7-,9+,12-/m1/s1. The Bertz CT molecular complexity index is 756. The van der Waals surface area contributed by atoms with Crippen LogP contribution in [0, 0.1) is 0 Å². The van der Waals surface area contributed by atoms with Crippen molar-refractivity contribution in [2.45, 2.75) is 24.5 Å². The van der Waals surface area contributed by atoms with Crippen LogP contribution in [0.4, 0.5) is 5.82 Å². The van der Waals surface area contributed by atoms with Crippen molar-refractivity contribution >= 4 is 17.0 Å². The Morgan fingerprint density at radius 2 is 2.22 bits per heavy atom. The zero-order chi connectivity index (χ0) is 16.6. The molecule has 122 valence electrons. The summed E-state index contributed by atoms with van der Waals surface area (Å²) in [5.41, 5.74) is 9.76. The first-order chi connectivity index (χ1) is 11.1. The van der Waals surface area contributed by atoms with Crippen LogP contribution in [-0.2, 0) is 4.74 Å². The topological polar surface area (TPSA) is 145 Å². The Labute approximate surface area is 130 Å². The van der Waals surface area contributed by atoms with E-state index in [-0.39, 0.29) is 6.61 Å². The number of azide groups is 1. The van der Waals surface area contributed by atoms with E-state index in [1.807, 2.05) is 14.1 Å². The number of anilines is 1. The zero-order valence-electron chi connectivity index (χ0n) is 12.6. The lowest BCUT2D eigenvalue weighted by molar-refractivity contribution is -0.0437. The van der Waals surface area contributed by atoms with Crippen molar-refractivity contribution in [3.05, 3.63) is 23.1 Å². The van der Waals surface area contributed by atoms with Crippen molar-refractivity contribution in [3.63, 3.8) is 0 Å². The molecule has 2 aromatic heterocycles. The van der Waals surface area contributed by atoms with Crippen LogP contribution in [0.25, 0.3) is 21.6 Å². The summed E-state index contributed by atoms with van der Waals surface area (Å²) in [6, 6.07) is -0.896. The highest BCUT2D eigenvalue weighted by Gasteiger charge is 2.44. The Balaban J connectivity index is 2.09. The molecule has 1 fully saturated rings. The van der Waals surface area contributed by atoms with Gasteiger partial charge in [-0.15, -0.1) is 0 Å². The second kappa shape index (κ2) is 5.97. The summed E-state index contributed by atoms with van der Waals surface area (Å²) in [5.74, 6) is 0.631. The maximum Gasteiger partial charge on any atom is 0.167 e. The van der Waals surface area contributed by atoms with Gasteiger partial charge in [-0.25, -0.2) is 15.0 Å². The minimum absolute atomic E-state index is 0.389. The Kier molecular flexibility index (Phi) is 4.01. The maximum atomic E-state index is 10.1. The molecule has 4 atom stereocenters. The monoisotopic (exact) mass is 320 g/mol. The molecule has 1 saturated heterocycles. The highest BCUT2D eigenvalue weighted by atomic mass is 16.5. The van der Waals surface area contributed by atoms with Crippen LogP contribution in [-0.4, -0.2) is 68.7 Å². The number of nitrogens with zero attached hydrogens (tertiary/aromatic N) is 8. The predicted molar refractivity (Wildman–Crippen MR) is 79.6 cm³/mol. The predicted octanol–water partition coefficient (Wildman–Crippen LogP) is -0.178. The summed E-state index contributed by atoms with van der Waals surface area (Å²) in [4.78, 5) is 17.2. The van der Waals surface area contributed by atoms with E-state index in [9.17, 15) is 10.2 Å². The molecule has 23 heavy (non-hydrogen) atoms. The molecular weight excluding hydrogens is 304 g/mol. The van der Waals surface area contributed by atoms with Crippen LogP contribution >= 0.6 is 0 Å². The van der Waals surface area contributed by atoms with Crippen molar-refractivity contribution in [1.29, 1.82) is 0 Å². The summed E-state index contributed by atoms with van der Waals surface area (Å²) >= 11 is 0. The molecule has 2 N–H and O–H groups in total. The summed E-state index contributed by atoms with van der Waals surface area (Å²) in [7, 11) is 3.67. The van der Waals surface area contributed by atoms with Gasteiger partial charge in [-0.1, -0.05) is 5.11 Å². The number of fused-ring (bicyclic) bond motifs is 1. The number of imidazole rings is 1. The lowest BCUT2D eigenvalue weighted by Crippen LogP contribution is -2.31. The number of aliphatic hydroxyl groups is 2. The average Bonchev–Trinajstić information content (AvgIpc) is 3.09. The molecule has 3 rings (SSSR count). The van der Waals surface area contributed by atoms with E-state index in [2.05, 4.69) is 25.0 Å². The molecule has 3 heterocycles. The van der Waals surface area contributed by atoms with E-state index in [0.717, 1.165) is 0 Å². The van der Waals surface area contributed by atoms with Crippen LogP contribution in [0.5, 0.6) is 0 Å². The van der Waals surface area contributed by atoms with Gasteiger partial charge in [-0.2, -0.15) is 0 Å². The van der Waals surface area contributed by atoms with Gasteiger partial charge >= 0.3 is 0 Å². The maximum absolute atomic E-state index is 10.1. The molecule has 0 amide bonds. The molecule has 0 radical (unpaired) electrons. The van der Waals surface area contributed by atoms with Crippen LogP contribution in [0.3, 0.4) is 0 Å². The van der Waals surface area contributed by atoms with Crippen molar-refractivity contribution in [2.24, 2.45) is 5.11 Å². The number of hydrogen-bond donors (Lipinski definition) is 2. The molecule has 0 unspecified atom stereocenters. The lowest BCUT2D eigenvalue weighted by atomic mass is 10.1. The molecule has 0 aliphatic carbocycles. The molecule has 11 heteroatoms. The van der Waals surface area contributed by atoms with Gasteiger partial charge in [0.2, 0.25) is 0 Å². The van der Waals surface area contributed by atoms with Gasteiger partial charge in [-0.3, -0.25) is 4.57 Å². The normalized spacial score (nSPS) is 27.1. The third-order valence-electron chi connectivity index (χ3n) is 3.74. The third-order valence-corrected chi connectivity index (χ3v) is 3.74. The van der Waals surface area contributed by atoms with Gasteiger partial charge in [0, 0.05) is 19.0 Å². The largest absolute Gasteiger partial charge is 0.394 e. The molecule has 1 aliphatic rings. The van der Waals surface area contributed by atoms with E-state index in [1.165, 1.54) is 12.7 Å².